The van der Waals surface area contributed by atoms with E-state index in [-0.39, 0.29) is 25.6 Å². The van der Waals surface area contributed by atoms with Gasteiger partial charge in [-0.3, -0.25) is 13.8 Å². The quantitative estimate of drug-likeness (QED) is 0.0236. The number of esters is 1. The Morgan fingerprint density at radius 2 is 0.871 bits per heavy atom. The smallest absolute Gasteiger partial charge is 0.457 e. The van der Waals surface area contributed by atoms with Crippen LogP contribution in [0.25, 0.3) is 0 Å². The second-order valence-corrected chi connectivity index (χ2v) is 19.4. The van der Waals surface area contributed by atoms with E-state index in [4.69, 9.17) is 23.6 Å². The fraction of sp³-hybridized carbons (Fsp3) is 0.904. The predicted molar refractivity (Wildman–Crippen MR) is 261 cm³/mol. The lowest BCUT2D eigenvalue weighted by Crippen LogP contribution is -2.29. The molecule has 0 aromatic carbocycles. The second-order valence-electron chi connectivity index (χ2n) is 17.9. The molecule has 0 aliphatic rings. The molecule has 0 saturated carbocycles. The fourth-order valence-electron chi connectivity index (χ4n) is 7.62. The molecule has 0 radical (unpaired) electrons. The fourth-order valence-corrected chi connectivity index (χ4v) is 8.41. The number of carbonyl (C=O) groups is 1. The van der Waals surface area contributed by atoms with E-state index < -0.39 is 33.2 Å². The van der Waals surface area contributed by atoms with Gasteiger partial charge in [0.05, 0.1) is 26.4 Å². The summed E-state index contributed by atoms with van der Waals surface area (Å²) in [6, 6.07) is 0. The first-order valence-corrected chi connectivity index (χ1v) is 27.8. The predicted octanol–water partition coefficient (Wildman–Crippen LogP) is 15.4. The average Bonchev–Trinajstić information content (AvgIpc) is 3.26. The number of unbranched alkanes of at least 4 members (excludes halogenated alkanes) is 33. The molecule has 368 valence electrons. The molecule has 62 heavy (non-hydrogen) atoms. The van der Waals surface area contributed by atoms with Gasteiger partial charge in [0.25, 0.3) is 0 Å². The Kier molecular flexibility index (Phi) is 48.5. The molecule has 0 heterocycles. The van der Waals surface area contributed by atoms with Crippen LogP contribution in [0, 0.1) is 0 Å². The van der Waals surface area contributed by atoms with Gasteiger partial charge in [0, 0.05) is 13.0 Å². The molecular weight excluding hydrogens is 800 g/mol. The van der Waals surface area contributed by atoms with Crippen molar-refractivity contribution in [1.29, 1.82) is 0 Å². The third-order valence-corrected chi connectivity index (χ3v) is 12.6. The molecule has 0 aromatic heterocycles. The van der Waals surface area contributed by atoms with Gasteiger partial charge in [-0.15, -0.1) is 0 Å². The monoisotopic (exact) mass is 901 g/mol. The van der Waals surface area contributed by atoms with Gasteiger partial charge in [-0.05, 0) is 44.9 Å². The minimum atomic E-state index is -4.52. The Bertz CT molecular complexity index is 1020. The molecule has 3 atom stereocenters. The van der Waals surface area contributed by atoms with Gasteiger partial charge in [0.1, 0.15) is 12.2 Å². The molecule has 3 unspecified atom stereocenters. The zero-order valence-corrected chi connectivity index (χ0v) is 41.5. The Morgan fingerprint density at radius 1 is 0.500 bits per heavy atom. The lowest BCUT2D eigenvalue weighted by molar-refractivity contribution is -0.154. The summed E-state index contributed by atoms with van der Waals surface area (Å²) in [7, 11) is -4.52. The van der Waals surface area contributed by atoms with E-state index in [0.717, 1.165) is 44.9 Å². The number of allylic oxidation sites excluding steroid dienone is 4. The average molecular weight is 901 g/mol. The molecule has 10 heteroatoms. The number of aliphatic hydroxyl groups is 2. The molecule has 0 aromatic rings. The number of phosphoric acid groups is 1. The largest absolute Gasteiger partial charge is 0.472 e. The van der Waals surface area contributed by atoms with Crippen LogP contribution in [0.4, 0.5) is 0 Å². The van der Waals surface area contributed by atoms with Crippen molar-refractivity contribution in [2.24, 2.45) is 0 Å². The van der Waals surface area contributed by atoms with Crippen molar-refractivity contribution in [3.05, 3.63) is 24.3 Å². The number of hydrogen-bond acceptors (Lipinski definition) is 8. The topological polar surface area (TPSA) is 132 Å². The van der Waals surface area contributed by atoms with Gasteiger partial charge >= 0.3 is 13.8 Å². The minimum Gasteiger partial charge on any atom is -0.457 e. The highest BCUT2D eigenvalue weighted by atomic mass is 31.2. The molecular formula is C52H101O9P. The molecule has 0 spiro atoms. The SMILES string of the molecule is CCCCCCC/C=C\C/C=C\CCCCCCCCCCCCCCOCC(COP(=O)(O)OCC(O)CO)OC(=O)CCCCCCCCCCCCCCCCCCC. The first-order chi connectivity index (χ1) is 30.3. The van der Waals surface area contributed by atoms with E-state index in [1.807, 2.05) is 0 Å². The van der Waals surface area contributed by atoms with E-state index in [9.17, 15) is 19.4 Å². The summed E-state index contributed by atoms with van der Waals surface area (Å²) >= 11 is 0. The summed E-state index contributed by atoms with van der Waals surface area (Å²) < 4.78 is 33.6. The lowest BCUT2D eigenvalue weighted by atomic mass is 10.0. The minimum absolute atomic E-state index is 0.0533. The number of phosphoric ester groups is 1. The molecule has 0 fully saturated rings. The van der Waals surface area contributed by atoms with E-state index in [2.05, 4.69) is 38.2 Å². The number of rotatable bonds is 51. The zero-order valence-electron chi connectivity index (χ0n) is 40.6. The van der Waals surface area contributed by atoms with Gasteiger partial charge in [0.15, 0.2) is 0 Å². The Hall–Kier alpha value is -1.06. The number of aliphatic hydroxyl groups excluding tert-OH is 2. The van der Waals surface area contributed by atoms with Gasteiger partial charge < -0.3 is 24.6 Å². The van der Waals surface area contributed by atoms with Crippen molar-refractivity contribution < 1.29 is 43.0 Å². The maximum absolute atomic E-state index is 12.7. The maximum atomic E-state index is 12.7. The van der Waals surface area contributed by atoms with E-state index in [1.54, 1.807) is 0 Å². The maximum Gasteiger partial charge on any atom is 0.472 e. The Balaban J connectivity index is 4.01. The summed E-state index contributed by atoms with van der Waals surface area (Å²) in [6.45, 7) is 3.56. The van der Waals surface area contributed by atoms with Crippen molar-refractivity contribution in [3.63, 3.8) is 0 Å². The van der Waals surface area contributed by atoms with Crippen LogP contribution in [0.15, 0.2) is 24.3 Å². The molecule has 3 N–H and O–H groups in total. The van der Waals surface area contributed by atoms with Crippen molar-refractivity contribution in [1.82, 2.24) is 0 Å². The molecule has 9 nitrogen and oxygen atoms in total. The highest BCUT2D eigenvalue weighted by Crippen LogP contribution is 2.43. The molecule has 0 rings (SSSR count). The first kappa shape index (κ1) is 60.9. The second kappa shape index (κ2) is 49.4. The third kappa shape index (κ3) is 48.4. The standard InChI is InChI=1S/C52H101O9P/c1-3-5-7-9-11-13-15-17-19-21-22-23-24-25-26-27-29-31-33-35-37-39-41-43-45-58-48-51(49-60-62(56,57)59-47-50(54)46-53)61-52(55)44-42-40-38-36-34-32-30-28-20-18-16-14-12-10-8-6-4-2/h15,17,21-22,50-51,53-54H,3-14,16,18-20,23-49H2,1-2H3,(H,56,57)/b17-15-,22-21-. The zero-order chi connectivity index (χ0) is 45.3. The van der Waals surface area contributed by atoms with Crippen LogP contribution in [0.5, 0.6) is 0 Å². The third-order valence-electron chi connectivity index (χ3n) is 11.6. The normalized spacial score (nSPS) is 14.0. The van der Waals surface area contributed by atoms with Crippen LogP contribution in [0.3, 0.4) is 0 Å². The van der Waals surface area contributed by atoms with Crippen LogP contribution in [-0.2, 0) is 27.9 Å². The van der Waals surface area contributed by atoms with Crippen LogP contribution >= 0.6 is 7.82 Å². The summed E-state index contributed by atoms with van der Waals surface area (Å²) in [5.74, 6) is -0.377. The van der Waals surface area contributed by atoms with Gasteiger partial charge in [-0.25, -0.2) is 4.57 Å². The Labute approximate surface area is 383 Å². The van der Waals surface area contributed by atoms with Gasteiger partial charge in [-0.1, -0.05) is 231 Å². The molecule has 0 aliphatic carbocycles. The van der Waals surface area contributed by atoms with E-state index in [1.165, 1.54) is 193 Å². The molecule has 0 bridgehead atoms. The van der Waals surface area contributed by atoms with Crippen molar-refractivity contribution in [2.45, 2.75) is 270 Å². The van der Waals surface area contributed by atoms with Gasteiger partial charge in [0.2, 0.25) is 0 Å². The van der Waals surface area contributed by atoms with Crippen LogP contribution in [0.1, 0.15) is 258 Å². The van der Waals surface area contributed by atoms with Crippen LogP contribution < -0.4 is 0 Å². The molecule has 0 aliphatic heterocycles. The molecule has 0 amide bonds. The summed E-state index contributed by atoms with van der Waals surface area (Å²) in [6.07, 6.45) is 54.3. The first-order valence-electron chi connectivity index (χ1n) is 26.3. The molecule has 0 saturated heterocycles. The summed E-state index contributed by atoms with van der Waals surface area (Å²) in [5, 5.41) is 18.4. The van der Waals surface area contributed by atoms with Crippen LogP contribution in [-0.4, -0.2) is 66.3 Å². The van der Waals surface area contributed by atoms with Crippen molar-refractivity contribution in [2.75, 3.05) is 33.0 Å². The lowest BCUT2D eigenvalue weighted by Gasteiger charge is -2.20. The van der Waals surface area contributed by atoms with Crippen molar-refractivity contribution >= 4 is 13.8 Å². The van der Waals surface area contributed by atoms with E-state index in [0.29, 0.717) is 6.61 Å². The summed E-state index contributed by atoms with van der Waals surface area (Å²) in [5.41, 5.74) is 0. The van der Waals surface area contributed by atoms with Gasteiger partial charge in [-0.2, -0.15) is 0 Å². The highest BCUT2D eigenvalue weighted by molar-refractivity contribution is 7.47. The number of carbonyl (C=O) groups excluding carboxylic acids is 1. The summed E-state index contributed by atoms with van der Waals surface area (Å²) in [4.78, 5) is 22.7. The number of hydrogen-bond donors (Lipinski definition) is 3. The highest BCUT2D eigenvalue weighted by Gasteiger charge is 2.26. The Morgan fingerprint density at radius 3 is 1.29 bits per heavy atom. The number of ether oxygens (including phenoxy) is 2. The van der Waals surface area contributed by atoms with Crippen LogP contribution in [0.2, 0.25) is 0 Å². The van der Waals surface area contributed by atoms with E-state index >= 15 is 0 Å². The van der Waals surface area contributed by atoms with Crippen molar-refractivity contribution in [3.8, 4) is 0 Å².